The lowest BCUT2D eigenvalue weighted by Gasteiger charge is -2.22. The molecule has 0 aliphatic carbocycles. The third-order valence-electron chi connectivity index (χ3n) is 3.34. The van der Waals surface area contributed by atoms with E-state index in [9.17, 15) is 4.79 Å². The molecule has 98 valence electrons. The smallest absolute Gasteiger partial charge is 0.170 e. The minimum atomic E-state index is 0.0565. The second-order valence-electron chi connectivity index (χ2n) is 4.47. The summed E-state index contributed by atoms with van der Waals surface area (Å²) in [6, 6.07) is 5.34. The van der Waals surface area contributed by atoms with E-state index in [2.05, 4.69) is 5.32 Å². The number of hydrogen-bond donors (Lipinski definition) is 1. The number of nitrogens with one attached hydrogen (secondary N) is 1. The minimum Gasteiger partial charge on any atom is -0.497 e. The molecule has 1 saturated heterocycles. The molecule has 1 atom stereocenters. The summed E-state index contributed by atoms with van der Waals surface area (Å²) < 4.78 is 10.4. The number of hydrogen-bond acceptors (Lipinski definition) is 4. The SMILES string of the molecule is COc1ccc(C(=O)[C@@H]2CCCNC2)c(OC)c1. The highest BCUT2D eigenvalue weighted by molar-refractivity contribution is 6.00. The van der Waals surface area contributed by atoms with Crippen molar-refractivity contribution in [1.82, 2.24) is 5.32 Å². The quantitative estimate of drug-likeness (QED) is 0.828. The molecule has 4 heteroatoms. The van der Waals surface area contributed by atoms with E-state index < -0.39 is 0 Å². The number of carbonyl (C=O) groups is 1. The molecule has 18 heavy (non-hydrogen) atoms. The maximum atomic E-state index is 12.4. The lowest BCUT2D eigenvalue weighted by atomic mass is 9.90. The van der Waals surface area contributed by atoms with Gasteiger partial charge in [0, 0.05) is 18.5 Å². The average Bonchev–Trinajstić information content (AvgIpc) is 2.46. The predicted octanol–water partition coefficient (Wildman–Crippen LogP) is 1.89. The van der Waals surface area contributed by atoms with Crippen molar-refractivity contribution in [3.8, 4) is 11.5 Å². The highest BCUT2D eigenvalue weighted by Gasteiger charge is 2.24. The van der Waals surface area contributed by atoms with Crippen molar-refractivity contribution in [2.45, 2.75) is 12.8 Å². The van der Waals surface area contributed by atoms with Gasteiger partial charge in [-0.2, -0.15) is 0 Å². The summed E-state index contributed by atoms with van der Waals surface area (Å²) >= 11 is 0. The molecule has 1 fully saturated rings. The van der Waals surface area contributed by atoms with Crippen LogP contribution in [0, 0.1) is 5.92 Å². The Kier molecular flexibility index (Phi) is 4.20. The molecule has 1 aromatic rings. The lowest BCUT2D eigenvalue weighted by Crippen LogP contribution is -2.34. The molecule has 0 saturated carbocycles. The Labute approximate surface area is 107 Å². The molecule has 1 aromatic carbocycles. The molecule has 1 heterocycles. The van der Waals surface area contributed by atoms with Gasteiger partial charge in [-0.3, -0.25) is 4.79 Å². The third-order valence-corrected chi connectivity index (χ3v) is 3.34. The van der Waals surface area contributed by atoms with Crippen molar-refractivity contribution in [2.24, 2.45) is 5.92 Å². The summed E-state index contributed by atoms with van der Waals surface area (Å²) in [6.07, 6.45) is 2.00. The highest BCUT2D eigenvalue weighted by atomic mass is 16.5. The van der Waals surface area contributed by atoms with Crippen LogP contribution >= 0.6 is 0 Å². The van der Waals surface area contributed by atoms with Crippen molar-refractivity contribution in [3.63, 3.8) is 0 Å². The molecule has 0 spiro atoms. The second-order valence-corrected chi connectivity index (χ2v) is 4.47. The fourth-order valence-corrected chi connectivity index (χ4v) is 2.30. The molecule has 0 bridgehead atoms. The van der Waals surface area contributed by atoms with Gasteiger partial charge in [0.1, 0.15) is 11.5 Å². The molecular formula is C14H19NO3. The predicted molar refractivity (Wildman–Crippen MR) is 69.5 cm³/mol. The van der Waals surface area contributed by atoms with E-state index in [1.165, 1.54) is 0 Å². The van der Waals surface area contributed by atoms with Gasteiger partial charge in [0.15, 0.2) is 5.78 Å². The molecule has 0 aromatic heterocycles. The van der Waals surface area contributed by atoms with E-state index in [0.717, 1.165) is 25.9 Å². The van der Waals surface area contributed by atoms with Crippen LogP contribution in [-0.2, 0) is 0 Å². The van der Waals surface area contributed by atoms with Crippen LogP contribution in [0.4, 0.5) is 0 Å². The zero-order valence-electron chi connectivity index (χ0n) is 10.9. The lowest BCUT2D eigenvalue weighted by molar-refractivity contribution is 0.0896. The molecule has 1 aliphatic rings. The Morgan fingerprint density at radius 1 is 1.33 bits per heavy atom. The molecule has 1 N–H and O–H groups in total. The molecule has 1 aliphatic heterocycles. The first kappa shape index (κ1) is 12.9. The summed E-state index contributed by atoms with van der Waals surface area (Å²) in [6.45, 7) is 1.76. The largest absolute Gasteiger partial charge is 0.497 e. The van der Waals surface area contributed by atoms with Crippen molar-refractivity contribution in [3.05, 3.63) is 23.8 Å². The minimum absolute atomic E-state index is 0.0565. The van der Waals surface area contributed by atoms with Crippen LogP contribution in [0.3, 0.4) is 0 Å². The van der Waals surface area contributed by atoms with Gasteiger partial charge < -0.3 is 14.8 Å². The first-order valence-electron chi connectivity index (χ1n) is 6.23. The molecule has 0 unspecified atom stereocenters. The van der Waals surface area contributed by atoms with Crippen LogP contribution in [0.5, 0.6) is 11.5 Å². The number of Topliss-reactive ketones (excluding diaryl/α,β-unsaturated/α-hetero) is 1. The summed E-state index contributed by atoms with van der Waals surface area (Å²) in [5, 5.41) is 3.26. The molecule has 2 rings (SSSR count). The monoisotopic (exact) mass is 249 g/mol. The summed E-state index contributed by atoms with van der Waals surface area (Å²) in [4.78, 5) is 12.4. The van der Waals surface area contributed by atoms with Gasteiger partial charge in [0.25, 0.3) is 0 Å². The van der Waals surface area contributed by atoms with Crippen LogP contribution < -0.4 is 14.8 Å². The van der Waals surface area contributed by atoms with Crippen LogP contribution in [-0.4, -0.2) is 33.1 Å². The van der Waals surface area contributed by atoms with Crippen LogP contribution in [0.1, 0.15) is 23.2 Å². The Morgan fingerprint density at radius 2 is 2.17 bits per heavy atom. The van der Waals surface area contributed by atoms with E-state index in [0.29, 0.717) is 17.1 Å². The van der Waals surface area contributed by atoms with Crippen molar-refractivity contribution in [2.75, 3.05) is 27.3 Å². The van der Waals surface area contributed by atoms with E-state index in [1.807, 2.05) is 0 Å². The highest BCUT2D eigenvalue weighted by Crippen LogP contribution is 2.28. The van der Waals surface area contributed by atoms with Crippen molar-refractivity contribution < 1.29 is 14.3 Å². The zero-order chi connectivity index (χ0) is 13.0. The van der Waals surface area contributed by atoms with Crippen LogP contribution in [0.25, 0.3) is 0 Å². The summed E-state index contributed by atoms with van der Waals surface area (Å²) in [5.74, 6) is 1.50. The fraction of sp³-hybridized carbons (Fsp3) is 0.500. The van der Waals surface area contributed by atoms with Gasteiger partial charge in [-0.25, -0.2) is 0 Å². The van der Waals surface area contributed by atoms with Crippen molar-refractivity contribution in [1.29, 1.82) is 0 Å². The fourth-order valence-electron chi connectivity index (χ4n) is 2.30. The topological polar surface area (TPSA) is 47.6 Å². The first-order valence-corrected chi connectivity index (χ1v) is 6.23. The number of ether oxygens (including phenoxy) is 2. The van der Waals surface area contributed by atoms with Gasteiger partial charge in [0.2, 0.25) is 0 Å². The summed E-state index contributed by atoms with van der Waals surface area (Å²) in [7, 11) is 3.17. The van der Waals surface area contributed by atoms with E-state index in [1.54, 1.807) is 32.4 Å². The van der Waals surface area contributed by atoms with E-state index in [4.69, 9.17) is 9.47 Å². The number of piperidine rings is 1. The zero-order valence-corrected chi connectivity index (χ0v) is 10.9. The van der Waals surface area contributed by atoms with Gasteiger partial charge in [-0.15, -0.1) is 0 Å². The number of rotatable bonds is 4. The van der Waals surface area contributed by atoms with Gasteiger partial charge in [0.05, 0.1) is 19.8 Å². The summed E-state index contributed by atoms with van der Waals surface area (Å²) in [5.41, 5.74) is 0.645. The Hall–Kier alpha value is -1.55. The Morgan fingerprint density at radius 3 is 2.78 bits per heavy atom. The Bertz CT molecular complexity index is 425. The molecular weight excluding hydrogens is 230 g/mol. The average molecular weight is 249 g/mol. The van der Waals surface area contributed by atoms with Gasteiger partial charge >= 0.3 is 0 Å². The maximum absolute atomic E-state index is 12.4. The molecule has 4 nitrogen and oxygen atoms in total. The number of ketones is 1. The first-order chi connectivity index (χ1) is 8.76. The molecule has 0 amide bonds. The molecule has 0 radical (unpaired) electrons. The number of methoxy groups -OCH3 is 2. The standard InChI is InChI=1S/C14H19NO3/c1-17-11-5-6-12(13(8-11)18-2)14(16)10-4-3-7-15-9-10/h5-6,8,10,15H,3-4,7,9H2,1-2H3/t10-/m1/s1. The van der Waals surface area contributed by atoms with Gasteiger partial charge in [-0.05, 0) is 31.5 Å². The third kappa shape index (κ3) is 2.64. The van der Waals surface area contributed by atoms with Crippen LogP contribution in [0.15, 0.2) is 18.2 Å². The van der Waals surface area contributed by atoms with E-state index in [-0.39, 0.29) is 11.7 Å². The number of benzene rings is 1. The van der Waals surface area contributed by atoms with E-state index >= 15 is 0 Å². The Balaban J connectivity index is 2.23. The number of carbonyl (C=O) groups excluding carboxylic acids is 1. The maximum Gasteiger partial charge on any atom is 0.170 e. The normalized spacial score (nSPS) is 19.3. The van der Waals surface area contributed by atoms with Gasteiger partial charge in [-0.1, -0.05) is 0 Å². The second kappa shape index (κ2) is 5.87. The van der Waals surface area contributed by atoms with Crippen LogP contribution in [0.2, 0.25) is 0 Å². The van der Waals surface area contributed by atoms with Crippen molar-refractivity contribution >= 4 is 5.78 Å².